The maximum absolute atomic E-state index is 13.2. The van der Waals surface area contributed by atoms with Crippen molar-refractivity contribution >= 4 is 28.5 Å². The van der Waals surface area contributed by atoms with Crippen molar-refractivity contribution in [3.63, 3.8) is 0 Å². The summed E-state index contributed by atoms with van der Waals surface area (Å²) < 4.78 is 24.3. The summed E-state index contributed by atoms with van der Waals surface area (Å²) in [4.78, 5) is 28.0. The molecule has 168 valence electrons. The second kappa shape index (κ2) is 8.54. The van der Waals surface area contributed by atoms with E-state index in [4.69, 9.17) is 8.94 Å². The van der Waals surface area contributed by atoms with Crippen molar-refractivity contribution in [1.29, 1.82) is 0 Å². The van der Waals surface area contributed by atoms with Gasteiger partial charge in [-0.05, 0) is 55.2 Å². The van der Waals surface area contributed by atoms with E-state index in [1.54, 1.807) is 23.1 Å². The van der Waals surface area contributed by atoms with Gasteiger partial charge in [-0.15, -0.1) is 0 Å². The van der Waals surface area contributed by atoms with Crippen molar-refractivity contribution in [3.8, 4) is 11.3 Å². The third-order valence-electron chi connectivity index (χ3n) is 5.97. The second-order valence-corrected chi connectivity index (χ2v) is 8.31. The number of likely N-dealkylation sites (tertiary alicyclic amines) is 1. The minimum absolute atomic E-state index is 0.0322. The fourth-order valence-electron chi connectivity index (χ4n) is 3.99. The largest absolute Gasteiger partial charge is 0.449 e. The number of benzene rings is 2. The van der Waals surface area contributed by atoms with Crippen LogP contribution in [0.3, 0.4) is 0 Å². The number of anilines is 1. The molecule has 5 rings (SSSR count). The maximum atomic E-state index is 13.2. The number of para-hydroxylation sites is 1. The summed E-state index contributed by atoms with van der Waals surface area (Å²) in [6.07, 6.45) is 1.86. The van der Waals surface area contributed by atoms with E-state index in [0.717, 1.165) is 12.8 Å². The minimum Gasteiger partial charge on any atom is -0.449 e. The number of piperidine rings is 1. The van der Waals surface area contributed by atoms with E-state index in [-0.39, 0.29) is 23.2 Å². The van der Waals surface area contributed by atoms with Gasteiger partial charge >= 0.3 is 0 Å². The molecule has 2 amide bonds. The highest BCUT2D eigenvalue weighted by Gasteiger charge is 2.29. The van der Waals surface area contributed by atoms with Gasteiger partial charge in [0.05, 0.1) is 0 Å². The quantitative estimate of drug-likeness (QED) is 0.456. The lowest BCUT2D eigenvalue weighted by Crippen LogP contribution is -2.38. The summed E-state index contributed by atoms with van der Waals surface area (Å²) in [5.41, 5.74) is 1.44. The first-order chi connectivity index (χ1) is 16.0. The Hall–Kier alpha value is -3.94. The Balaban J connectivity index is 1.44. The molecule has 33 heavy (non-hydrogen) atoms. The number of carbonyl (C=O) groups is 2. The van der Waals surface area contributed by atoms with Crippen molar-refractivity contribution < 1.29 is 22.9 Å². The monoisotopic (exact) mass is 447 g/mol. The number of amides is 2. The molecule has 1 aliphatic heterocycles. The Kier molecular flexibility index (Phi) is 5.42. The molecule has 3 heterocycles. The van der Waals surface area contributed by atoms with Crippen LogP contribution in [0.1, 0.15) is 40.8 Å². The van der Waals surface area contributed by atoms with Gasteiger partial charge in [0, 0.05) is 30.1 Å². The molecule has 0 bridgehead atoms. The number of rotatable bonds is 4. The number of nitrogens with zero attached hydrogens (tertiary/aromatic N) is 2. The first-order valence-electron chi connectivity index (χ1n) is 10.8. The Morgan fingerprint density at radius 1 is 1.09 bits per heavy atom. The van der Waals surface area contributed by atoms with E-state index in [2.05, 4.69) is 17.4 Å². The van der Waals surface area contributed by atoms with E-state index in [0.29, 0.717) is 47.0 Å². The highest BCUT2D eigenvalue weighted by molar-refractivity contribution is 6.14. The van der Waals surface area contributed by atoms with Crippen molar-refractivity contribution in [3.05, 3.63) is 71.9 Å². The number of aromatic nitrogens is 1. The summed E-state index contributed by atoms with van der Waals surface area (Å²) in [6, 6.07) is 14.3. The molecule has 1 saturated heterocycles. The van der Waals surface area contributed by atoms with Crippen LogP contribution in [0.2, 0.25) is 0 Å². The first-order valence-corrected chi connectivity index (χ1v) is 10.8. The van der Waals surface area contributed by atoms with E-state index in [1.165, 1.54) is 30.3 Å². The Bertz CT molecular complexity index is 1320. The van der Waals surface area contributed by atoms with Crippen molar-refractivity contribution in [2.45, 2.75) is 19.8 Å². The van der Waals surface area contributed by atoms with Crippen LogP contribution < -0.4 is 5.32 Å². The van der Waals surface area contributed by atoms with Crippen molar-refractivity contribution in [1.82, 2.24) is 10.1 Å². The van der Waals surface area contributed by atoms with Crippen LogP contribution in [-0.2, 0) is 0 Å². The Morgan fingerprint density at radius 3 is 2.58 bits per heavy atom. The molecule has 0 unspecified atom stereocenters. The summed E-state index contributed by atoms with van der Waals surface area (Å²) >= 11 is 0. The summed E-state index contributed by atoms with van der Waals surface area (Å²) in [6.45, 7) is 3.47. The van der Waals surface area contributed by atoms with Gasteiger partial charge in [-0.3, -0.25) is 9.59 Å². The fourth-order valence-corrected chi connectivity index (χ4v) is 3.99. The molecular weight excluding hydrogens is 425 g/mol. The molecule has 8 heteroatoms. The van der Waals surface area contributed by atoms with Gasteiger partial charge in [0.25, 0.3) is 11.8 Å². The third kappa shape index (κ3) is 4.11. The molecule has 1 fully saturated rings. The standard InChI is InChI=1S/C25H22FN3O4/c1-15-10-12-29(13-11-15)25(31)23-22(18-4-2-3-5-20(18)32-23)27-24(30)19-14-21(33-28-19)16-6-8-17(26)9-7-16/h2-9,14-15H,10-13H2,1H3,(H,27,30). The molecule has 1 N–H and O–H groups in total. The molecule has 1 aliphatic rings. The predicted octanol–water partition coefficient (Wildman–Crippen LogP) is 5.35. The summed E-state index contributed by atoms with van der Waals surface area (Å²) in [5, 5.41) is 7.26. The number of carbonyl (C=O) groups excluding carboxylic acids is 2. The molecule has 0 radical (unpaired) electrons. The zero-order chi connectivity index (χ0) is 22.9. The molecule has 2 aromatic heterocycles. The van der Waals surface area contributed by atoms with Gasteiger partial charge in [-0.2, -0.15) is 0 Å². The first kappa shape index (κ1) is 20.9. The van der Waals surface area contributed by atoms with Crippen LogP contribution in [-0.4, -0.2) is 35.0 Å². The van der Waals surface area contributed by atoms with E-state index in [9.17, 15) is 14.0 Å². The normalized spacial score (nSPS) is 14.5. The van der Waals surface area contributed by atoms with Crippen LogP contribution in [0.15, 0.2) is 63.5 Å². The molecule has 0 atom stereocenters. The highest BCUT2D eigenvalue weighted by Crippen LogP contribution is 2.33. The van der Waals surface area contributed by atoms with Crippen LogP contribution in [0, 0.1) is 11.7 Å². The number of halogens is 1. The van der Waals surface area contributed by atoms with Crippen LogP contribution in [0.25, 0.3) is 22.3 Å². The number of furan rings is 1. The zero-order valence-corrected chi connectivity index (χ0v) is 18.0. The number of fused-ring (bicyclic) bond motifs is 1. The maximum Gasteiger partial charge on any atom is 0.291 e. The number of hydrogen-bond donors (Lipinski definition) is 1. The Labute approximate surface area is 189 Å². The van der Waals surface area contributed by atoms with E-state index >= 15 is 0 Å². The minimum atomic E-state index is -0.542. The van der Waals surface area contributed by atoms with E-state index < -0.39 is 5.91 Å². The van der Waals surface area contributed by atoms with E-state index in [1.807, 2.05) is 6.07 Å². The highest BCUT2D eigenvalue weighted by atomic mass is 19.1. The molecule has 0 aliphatic carbocycles. The van der Waals surface area contributed by atoms with Crippen molar-refractivity contribution in [2.24, 2.45) is 5.92 Å². The fraction of sp³-hybridized carbons (Fsp3) is 0.240. The van der Waals surface area contributed by atoms with Gasteiger partial charge in [0.1, 0.15) is 17.1 Å². The lowest BCUT2D eigenvalue weighted by atomic mass is 9.99. The Morgan fingerprint density at radius 2 is 1.82 bits per heavy atom. The third-order valence-corrected chi connectivity index (χ3v) is 5.97. The van der Waals surface area contributed by atoms with Gasteiger partial charge in [0.15, 0.2) is 11.5 Å². The smallest absolute Gasteiger partial charge is 0.291 e. The van der Waals surface area contributed by atoms with Gasteiger partial charge < -0.3 is 19.2 Å². The molecule has 0 spiro atoms. The average Bonchev–Trinajstić information content (AvgIpc) is 3.46. The van der Waals surface area contributed by atoms with Gasteiger partial charge in [-0.25, -0.2) is 4.39 Å². The van der Waals surface area contributed by atoms with Crippen molar-refractivity contribution in [2.75, 3.05) is 18.4 Å². The summed E-state index contributed by atoms with van der Waals surface area (Å²) in [7, 11) is 0. The molecule has 0 saturated carbocycles. The molecule has 7 nitrogen and oxygen atoms in total. The molecule has 2 aromatic carbocycles. The SMILES string of the molecule is CC1CCN(C(=O)c2oc3ccccc3c2NC(=O)c2cc(-c3ccc(F)cc3)on2)CC1. The zero-order valence-electron chi connectivity index (χ0n) is 18.0. The van der Waals surface area contributed by atoms with Crippen LogP contribution in [0.4, 0.5) is 10.1 Å². The lowest BCUT2D eigenvalue weighted by Gasteiger charge is -2.29. The number of nitrogens with one attached hydrogen (secondary N) is 1. The summed E-state index contributed by atoms with van der Waals surface area (Å²) in [5.74, 6) is -0.160. The lowest BCUT2D eigenvalue weighted by molar-refractivity contribution is 0.0669. The van der Waals surface area contributed by atoms with Gasteiger partial charge in [0.2, 0.25) is 5.76 Å². The van der Waals surface area contributed by atoms with Crippen LogP contribution in [0.5, 0.6) is 0 Å². The second-order valence-electron chi connectivity index (χ2n) is 8.31. The molecule has 4 aromatic rings. The molecular formula is C25H22FN3O4. The topological polar surface area (TPSA) is 88.6 Å². The number of hydrogen-bond acceptors (Lipinski definition) is 5. The van der Waals surface area contributed by atoms with Crippen LogP contribution >= 0.6 is 0 Å². The van der Waals surface area contributed by atoms with Gasteiger partial charge in [-0.1, -0.05) is 24.2 Å². The average molecular weight is 447 g/mol. The predicted molar refractivity (Wildman–Crippen MR) is 120 cm³/mol.